The Kier molecular flexibility index (Phi) is 5.57. The lowest BCUT2D eigenvalue weighted by molar-refractivity contribution is 0.627. The maximum absolute atomic E-state index is 4.28. The number of hydrogen-bond acceptors (Lipinski definition) is 2. The first-order chi connectivity index (χ1) is 7.36. The average molecular weight is 205 g/mol. The summed E-state index contributed by atoms with van der Waals surface area (Å²) in [4.78, 5) is 0. The van der Waals surface area contributed by atoms with Crippen molar-refractivity contribution in [1.29, 1.82) is 0 Å². The Labute approximate surface area is 91.9 Å². The fraction of sp³-hybridized carbons (Fsp3) is 0.583. The van der Waals surface area contributed by atoms with Gasteiger partial charge in [-0.2, -0.15) is 5.10 Å². The molecule has 3 heteroatoms. The smallest absolute Gasteiger partial charge is 0.0534 e. The lowest BCUT2D eigenvalue weighted by Gasteiger charge is -1.98. The van der Waals surface area contributed by atoms with E-state index >= 15 is 0 Å². The number of aromatic nitrogens is 2. The van der Waals surface area contributed by atoms with Crippen LogP contribution in [0.2, 0.25) is 0 Å². The first-order valence-corrected chi connectivity index (χ1v) is 5.48. The zero-order chi connectivity index (χ0) is 10.9. The third kappa shape index (κ3) is 4.66. The van der Waals surface area contributed by atoms with Crippen LogP contribution < -0.4 is 5.32 Å². The molecule has 0 amide bonds. The summed E-state index contributed by atoms with van der Waals surface area (Å²) in [7, 11) is 0. The van der Waals surface area contributed by atoms with Gasteiger partial charge >= 0.3 is 0 Å². The highest BCUT2D eigenvalue weighted by molar-refractivity contribution is 5.03. The molecule has 0 saturated carbocycles. The number of nitrogens with zero attached hydrogens (tertiary/aromatic N) is 2. The highest BCUT2D eigenvalue weighted by Gasteiger charge is 1.96. The minimum atomic E-state index is 0.875. The fourth-order valence-electron chi connectivity index (χ4n) is 1.32. The molecule has 15 heavy (non-hydrogen) atoms. The standard InChI is InChI=1S/C12H19N3/c1-3-5-6-8-15-11-12(10-14-15)9-13-7-4-2/h10-11,13H,4,6-9H2,1-2H3. The average Bonchev–Trinajstić information content (AvgIpc) is 2.67. The molecule has 1 aromatic rings. The number of rotatable bonds is 6. The number of hydrogen-bond donors (Lipinski definition) is 1. The Balaban J connectivity index is 2.31. The van der Waals surface area contributed by atoms with E-state index in [0.717, 1.165) is 26.1 Å². The molecule has 1 aromatic heterocycles. The summed E-state index contributed by atoms with van der Waals surface area (Å²) in [6.45, 7) is 6.89. The molecule has 0 saturated heterocycles. The van der Waals surface area contributed by atoms with E-state index in [0.29, 0.717) is 0 Å². The van der Waals surface area contributed by atoms with Gasteiger partial charge in [-0.25, -0.2) is 0 Å². The van der Waals surface area contributed by atoms with Crippen molar-refractivity contribution in [3.63, 3.8) is 0 Å². The van der Waals surface area contributed by atoms with Crippen LogP contribution in [0, 0.1) is 11.8 Å². The van der Waals surface area contributed by atoms with Gasteiger partial charge in [-0.1, -0.05) is 6.92 Å². The van der Waals surface area contributed by atoms with Crippen molar-refractivity contribution < 1.29 is 0 Å². The van der Waals surface area contributed by atoms with Crippen molar-refractivity contribution >= 4 is 0 Å². The van der Waals surface area contributed by atoms with Crippen LogP contribution in [0.3, 0.4) is 0 Å². The van der Waals surface area contributed by atoms with Crippen LogP contribution in [0.5, 0.6) is 0 Å². The number of aryl methyl sites for hydroxylation is 1. The second kappa shape index (κ2) is 7.08. The van der Waals surface area contributed by atoms with E-state index in [1.165, 1.54) is 12.0 Å². The summed E-state index contributed by atoms with van der Waals surface area (Å²) in [5.74, 6) is 5.92. The van der Waals surface area contributed by atoms with Crippen LogP contribution in [0.25, 0.3) is 0 Å². The molecule has 82 valence electrons. The first kappa shape index (κ1) is 11.8. The largest absolute Gasteiger partial charge is 0.313 e. The van der Waals surface area contributed by atoms with Crippen LogP contribution in [0.1, 0.15) is 32.3 Å². The molecule has 0 spiro atoms. The van der Waals surface area contributed by atoms with Crippen molar-refractivity contribution in [2.24, 2.45) is 0 Å². The van der Waals surface area contributed by atoms with Gasteiger partial charge in [0, 0.05) is 24.7 Å². The van der Waals surface area contributed by atoms with Crippen molar-refractivity contribution in [2.75, 3.05) is 6.54 Å². The van der Waals surface area contributed by atoms with Gasteiger partial charge in [0.25, 0.3) is 0 Å². The third-order valence-electron chi connectivity index (χ3n) is 2.09. The molecule has 0 fully saturated rings. The maximum atomic E-state index is 4.28. The predicted octanol–water partition coefficient (Wildman–Crippen LogP) is 1.80. The lowest BCUT2D eigenvalue weighted by Crippen LogP contribution is -2.13. The van der Waals surface area contributed by atoms with Gasteiger partial charge < -0.3 is 5.32 Å². The molecule has 3 nitrogen and oxygen atoms in total. The highest BCUT2D eigenvalue weighted by Crippen LogP contribution is 1.98. The molecule has 0 radical (unpaired) electrons. The summed E-state index contributed by atoms with van der Waals surface area (Å²) in [6, 6.07) is 0. The van der Waals surface area contributed by atoms with E-state index in [2.05, 4.69) is 35.4 Å². The first-order valence-electron chi connectivity index (χ1n) is 5.48. The fourth-order valence-corrected chi connectivity index (χ4v) is 1.32. The molecule has 0 aliphatic carbocycles. The molecule has 0 aliphatic heterocycles. The van der Waals surface area contributed by atoms with Gasteiger partial charge in [0.2, 0.25) is 0 Å². The van der Waals surface area contributed by atoms with Crippen LogP contribution >= 0.6 is 0 Å². The summed E-state index contributed by atoms with van der Waals surface area (Å²) >= 11 is 0. The Hall–Kier alpha value is -1.27. The third-order valence-corrected chi connectivity index (χ3v) is 2.09. The minimum Gasteiger partial charge on any atom is -0.313 e. The SMILES string of the molecule is CC#CCCn1cc(CNCCC)cn1. The van der Waals surface area contributed by atoms with Crippen molar-refractivity contribution in [1.82, 2.24) is 15.1 Å². The Morgan fingerprint density at radius 1 is 1.53 bits per heavy atom. The molecule has 1 rings (SSSR count). The molecule has 1 N–H and O–H groups in total. The Morgan fingerprint density at radius 3 is 3.13 bits per heavy atom. The second-order valence-electron chi connectivity index (χ2n) is 3.47. The molecule has 0 bridgehead atoms. The van der Waals surface area contributed by atoms with E-state index in [1.54, 1.807) is 0 Å². The van der Waals surface area contributed by atoms with Crippen molar-refractivity contribution in [2.45, 2.75) is 39.8 Å². The van der Waals surface area contributed by atoms with Crippen molar-refractivity contribution in [3.05, 3.63) is 18.0 Å². The van der Waals surface area contributed by atoms with Gasteiger partial charge in [-0.3, -0.25) is 4.68 Å². The van der Waals surface area contributed by atoms with Gasteiger partial charge in [0.05, 0.1) is 12.7 Å². The summed E-state index contributed by atoms with van der Waals surface area (Å²) < 4.78 is 1.95. The zero-order valence-corrected chi connectivity index (χ0v) is 9.58. The van der Waals surface area contributed by atoms with Crippen LogP contribution in [-0.4, -0.2) is 16.3 Å². The van der Waals surface area contributed by atoms with E-state index in [1.807, 2.05) is 17.8 Å². The predicted molar refractivity (Wildman–Crippen MR) is 62.3 cm³/mol. The normalized spacial score (nSPS) is 9.73. The molecular weight excluding hydrogens is 186 g/mol. The van der Waals surface area contributed by atoms with Crippen LogP contribution in [0.4, 0.5) is 0 Å². The Morgan fingerprint density at radius 2 is 2.40 bits per heavy atom. The molecule has 0 aliphatic rings. The quantitative estimate of drug-likeness (QED) is 0.567. The summed E-state index contributed by atoms with van der Waals surface area (Å²) in [5, 5.41) is 7.63. The molecule has 0 aromatic carbocycles. The topological polar surface area (TPSA) is 29.9 Å². The summed E-state index contributed by atoms with van der Waals surface area (Å²) in [5.41, 5.74) is 1.24. The number of nitrogens with one attached hydrogen (secondary N) is 1. The maximum Gasteiger partial charge on any atom is 0.0534 e. The lowest BCUT2D eigenvalue weighted by atomic mass is 10.3. The van der Waals surface area contributed by atoms with Crippen LogP contribution in [-0.2, 0) is 13.1 Å². The second-order valence-corrected chi connectivity index (χ2v) is 3.47. The van der Waals surface area contributed by atoms with Gasteiger partial charge in [0.15, 0.2) is 0 Å². The van der Waals surface area contributed by atoms with E-state index in [9.17, 15) is 0 Å². The zero-order valence-electron chi connectivity index (χ0n) is 9.58. The molecular formula is C12H19N3. The van der Waals surface area contributed by atoms with Gasteiger partial charge in [-0.05, 0) is 19.9 Å². The highest BCUT2D eigenvalue weighted by atomic mass is 15.3. The van der Waals surface area contributed by atoms with Gasteiger partial charge in [-0.15, -0.1) is 11.8 Å². The molecule has 1 heterocycles. The molecule has 0 unspecified atom stereocenters. The van der Waals surface area contributed by atoms with Gasteiger partial charge in [0.1, 0.15) is 0 Å². The van der Waals surface area contributed by atoms with Crippen LogP contribution in [0.15, 0.2) is 12.4 Å². The van der Waals surface area contributed by atoms with E-state index < -0.39 is 0 Å². The minimum absolute atomic E-state index is 0.875. The molecule has 0 atom stereocenters. The monoisotopic (exact) mass is 205 g/mol. The van der Waals surface area contributed by atoms with E-state index in [4.69, 9.17) is 0 Å². The Bertz CT molecular complexity index is 330. The van der Waals surface area contributed by atoms with E-state index in [-0.39, 0.29) is 0 Å². The summed E-state index contributed by atoms with van der Waals surface area (Å²) in [6.07, 6.45) is 6.04. The van der Waals surface area contributed by atoms with Crippen molar-refractivity contribution in [3.8, 4) is 11.8 Å².